The molecule has 11 heteroatoms. The van der Waals surface area contributed by atoms with E-state index in [-0.39, 0.29) is 22.7 Å². The molecule has 1 aromatic heterocycles. The van der Waals surface area contributed by atoms with Crippen LogP contribution in [0.5, 0.6) is 5.88 Å². The third kappa shape index (κ3) is 6.22. The van der Waals surface area contributed by atoms with Crippen molar-refractivity contribution in [3.63, 3.8) is 0 Å². The highest BCUT2D eigenvalue weighted by molar-refractivity contribution is 7.92. The van der Waals surface area contributed by atoms with E-state index in [0.717, 1.165) is 18.2 Å². The van der Waals surface area contributed by atoms with Gasteiger partial charge < -0.3 is 10.1 Å². The molecule has 0 spiro atoms. The Hall–Kier alpha value is -3.60. The van der Waals surface area contributed by atoms with Gasteiger partial charge in [-0.3, -0.25) is 9.52 Å². The molecule has 0 bridgehead atoms. The number of rotatable bonds is 8. The van der Waals surface area contributed by atoms with Crippen LogP contribution in [0.3, 0.4) is 0 Å². The minimum atomic E-state index is -4.62. The molecule has 1 amide bonds. The molecule has 2 aromatic carbocycles. The van der Waals surface area contributed by atoms with Gasteiger partial charge in [-0.25, -0.2) is 13.4 Å². The number of amides is 1. The van der Waals surface area contributed by atoms with Crippen molar-refractivity contribution in [2.24, 2.45) is 0 Å². The average molecular weight is 479 g/mol. The monoisotopic (exact) mass is 479 g/mol. The minimum Gasteiger partial charge on any atom is -0.478 e. The summed E-state index contributed by atoms with van der Waals surface area (Å²) in [4.78, 5) is 16.4. The van der Waals surface area contributed by atoms with Gasteiger partial charge in [-0.05, 0) is 49.4 Å². The summed E-state index contributed by atoms with van der Waals surface area (Å²) in [5, 5.41) is 2.67. The lowest BCUT2D eigenvalue weighted by atomic mass is 10.2. The number of ether oxygens (including phenoxy) is 1. The van der Waals surface area contributed by atoms with Crippen LogP contribution in [0.2, 0.25) is 0 Å². The minimum absolute atomic E-state index is 0.0590. The van der Waals surface area contributed by atoms with E-state index in [2.05, 4.69) is 15.0 Å². The highest BCUT2D eigenvalue weighted by Gasteiger charge is 2.30. The summed E-state index contributed by atoms with van der Waals surface area (Å²) in [7, 11) is -4.24. The molecule has 0 radical (unpaired) electrons. The van der Waals surface area contributed by atoms with Gasteiger partial charge >= 0.3 is 6.18 Å². The fraction of sp³-hybridized carbons (Fsp3) is 0.182. The second-order valence-corrected chi connectivity index (χ2v) is 8.48. The molecule has 1 heterocycles. The van der Waals surface area contributed by atoms with Gasteiger partial charge in [-0.15, -0.1) is 0 Å². The highest BCUT2D eigenvalue weighted by Crippen LogP contribution is 2.31. The zero-order valence-corrected chi connectivity index (χ0v) is 18.2. The lowest BCUT2D eigenvalue weighted by molar-refractivity contribution is -0.137. The maximum absolute atomic E-state index is 12.9. The Bertz CT molecular complexity index is 1250. The first-order valence-electron chi connectivity index (χ1n) is 9.75. The number of carbonyl (C=O) groups is 1. The van der Waals surface area contributed by atoms with E-state index in [1.165, 1.54) is 24.3 Å². The van der Waals surface area contributed by atoms with Crippen LogP contribution in [0.4, 0.5) is 18.9 Å². The molecule has 0 aliphatic heterocycles. The van der Waals surface area contributed by atoms with E-state index in [1.807, 2.05) is 0 Å². The third-order valence-corrected chi connectivity index (χ3v) is 5.80. The second-order valence-electron chi connectivity index (χ2n) is 6.80. The average Bonchev–Trinajstić information content (AvgIpc) is 2.78. The highest BCUT2D eigenvalue weighted by atomic mass is 32.2. The van der Waals surface area contributed by atoms with Gasteiger partial charge in [0.1, 0.15) is 0 Å². The van der Waals surface area contributed by atoms with Crippen LogP contribution in [-0.4, -0.2) is 25.9 Å². The summed E-state index contributed by atoms with van der Waals surface area (Å²) >= 11 is 0. The predicted octanol–water partition coefficient (Wildman–Crippen LogP) is 4.23. The van der Waals surface area contributed by atoms with Crippen molar-refractivity contribution in [2.45, 2.75) is 24.5 Å². The van der Waals surface area contributed by atoms with Crippen molar-refractivity contribution in [1.29, 1.82) is 0 Å². The maximum atomic E-state index is 12.9. The largest absolute Gasteiger partial charge is 0.478 e. The molecular weight excluding hydrogens is 459 g/mol. The number of hydrogen-bond donors (Lipinski definition) is 2. The van der Waals surface area contributed by atoms with E-state index in [4.69, 9.17) is 4.74 Å². The van der Waals surface area contributed by atoms with Crippen LogP contribution in [0.15, 0.2) is 71.8 Å². The van der Waals surface area contributed by atoms with Gasteiger partial charge in [0.25, 0.3) is 15.9 Å². The maximum Gasteiger partial charge on any atom is 0.416 e. The summed E-state index contributed by atoms with van der Waals surface area (Å²) in [5.74, 6) is -0.167. The Balaban J connectivity index is 1.75. The summed E-state index contributed by atoms with van der Waals surface area (Å²) in [6.07, 6.45) is -3.06. The van der Waals surface area contributed by atoms with Gasteiger partial charge in [-0.2, -0.15) is 13.2 Å². The normalized spacial score (nSPS) is 11.6. The molecule has 0 atom stereocenters. The van der Waals surface area contributed by atoms with E-state index in [0.29, 0.717) is 24.1 Å². The van der Waals surface area contributed by atoms with E-state index in [9.17, 15) is 26.4 Å². The van der Waals surface area contributed by atoms with Crippen LogP contribution in [-0.2, 0) is 22.7 Å². The molecular formula is C22H20F3N3O4S. The van der Waals surface area contributed by atoms with Crippen LogP contribution < -0.4 is 14.8 Å². The number of pyridine rings is 1. The Morgan fingerprint density at radius 2 is 1.82 bits per heavy atom. The Kier molecular flexibility index (Phi) is 7.22. The molecule has 0 saturated heterocycles. The van der Waals surface area contributed by atoms with Crippen LogP contribution in [0.25, 0.3) is 0 Å². The molecule has 0 fully saturated rings. The molecule has 174 valence electrons. The zero-order valence-electron chi connectivity index (χ0n) is 17.4. The molecule has 33 heavy (non-hydrogen) atoms. The summed E-state index contributed by atoms with van der Waals surface area (Å²) in [6, 6.07) is 12.4. The number of nitrogens with zero attached hydrogens (tertiary/aromatic N) is 1. The number of nitrogens with one attached hydrogen (secondary N) is 2. The quantitative estimate of drug-likeness (QED) is 0.504. The lowest BCUT2D eigenvalue weighted by Gasteiger charge is -2.12. The van der Waals surface area contributed by atoms with E-state index < -0.39 is 27.7 Å². The molecule has 7 nitrogen and oxygen atoms in total. The summed E-state index contributed by atoms with van der Waals surface area (Å²) < 4.78 is 71.6. The molecule has 0 saturated carbocycles. The van der Waals surface area contributed by atoms with Crippen molar-refractivity contribution in [1.82, 2.24) is 10.3 Å². The molecule has 3 rings (SSSR count). The third-order valence-electron chi connectivity index (χ3n) is 4.42. The standard InChI is InChI=1S/C22H20F3N3O4S/c1-2-32-21-16(7-5-11-26-21)14-27-20(29)15-6-3-10-19(12-15)33(30,31)28-18-9-4-8-17(13-18)22(23,24)25/h3-13,28H,2,14H2,1H3,(H,27,29). The summed E-state index contributed by atoms with van der Waals surface area (Å²) in [5.41, 5.74) is -0.538. The van der Waals surface area contributed by atoms with Crippen molar-refractivity contribution in [2.75, 3.05) is 11.3 Å². The fourth-order valence-electron chi connectivity index (χ4n) is 2.88. The predicted molar refractivity (Wildman–Crippen MR) is 115 cm³/mol. The summed E-state index contributed by atoms with van der Waals surface area (Å²) in [6.45, 7) is 2.30. The first-order chi connectivity index (χ1) is 15.6. The number of sulfonamides is 1. The van der Waals surface area contributed by atoms with Crippen LogP contribution in [0, 0.1) is 0 Å². The lowest BCUT2D eigenvalue weighted by Crippen LogP contribution is -2.24. The first-order valence-corrected chi connectivity index (χ1v) is 11.2. The number of alkyl halides is 3. The number of anilines is 1. The topological polar surface area (TPSA) is 97.4 Å². The smallest absolute Gasteiger partial charge is 0.416 e. The Morgan fingerprint density at radius 3 is 2.55 bits per heavy atom. The van der Waals surface area contributed by atoms with E-state index in [1.54, 1.807) is 25.3 Å². The number of aromatic nitrogens is 1. The number of halogens is 3. The second kappa shape index (κ2) is 9.90. The Labute approximate surface area is 188 Å². The Morgan fingerprint density at radius 1 is 1.06 bits per heavy atom. The molecule has 0 aliphatic rings. The van der Waals surface area contributed by atoms with Crippen molar-refractivity contribution in [3.05, 3.63) is 83.6 Å². The molecule has 0 aliphatic carbocycles. The zero-order chi connectivity index (χ0) is 24.1. The number of carbonyl (C=O) groups excluding carboxylic acids is 1. The van der Waals surface area contributed by atoms with Gasteiger partial charge in [0.05, 0.1) is 17.1 Å². The first kappa shape index (κ1) is 24.1. The molecule has 0 unspecified atom stereocenters. The number of benzene rings is 2. The van der Waals surface area contributed by atoms with Gasteiger partial charge in [0, 0.05) is 29.6 Å². The van der Waals surface area contributed by atoms with Gasteiger partial charge in [0.15, 0.2) is 0 Å². The van der Waals surface area contributed by atoms with Crippen LogP contribution >= 0.6 is 0 Å². The van der Waals surface area contributed by atoms with Crippen molar-refractivity contribution >= 4 is 21.6 Å². The van der Waals surface area contributed by atoms with Gasteiger partial charge in [0.2, 0.25) is 5.88 Å². The SMILES string of the molecule is CCOc1ncccc1CNC(=O)c1cccc(S(=O)(=O)Nc2cccc(C(F)(F)F)c2)c1. The van der Waals surface area contributed by atoms with Crippen LogP contribution in [0.1, 0.15) is 28.4 Å². The number of hydrogen-bond acceptors (Lipinski definition) is 5. The molecule has 3 aromatic rings. The van der Waals surface area contributed by atoms with Gasteiger partial charge in [-0.1, -0.05) is 18.2 Å². The van der Waals surface area contributed by atoms with Crippen molar-refractivity contribution in [3.8, 4) is 5.88 Å². The fourth-order valence-corrected chi connectivity index (χ4v) is 3.98. The van der Waals surface area contributed by atoms with E-state index >= 15 is 0 Å². The van der Waals surface area contributed by atoms with Crippen molar-refractivity contribution < 1.29 is 31.1 Å². The molecule has 2 N–H and O–H groups in total.